The molecular formula is C17H23N3O5S. The number of nitrogens with one attached hydrogen (secondary N) is 1. The molecule has 2 aromatic heterocycles. The van der Waals surface area contributed by atoms with Gasteiger partial charge in [0.25, 0.3) is 5.91 Å². The molecule has 0 aliphatic carbocycles. The Labute approximate surface area is 155 Å². The summed E-state index contributed by atoms with van der Waals surface area (Å²) in [4.78, 5) is 33.9. The second-order valence-electron chi connectivity index (χ2n) is 5.99. The van der Waals surface area contributed by atoms with Crippen LogP contribution in [0, 0.1) is 12.8 Å². The van der Waals surface area contributed by atoms with E-state index in [4.69, 9.17) is 9.47 Å². The van der Waals surface area contributed by atoms with Crippen LogP contribution in [-0.2, 0) is 16.1 Å². The zero-order chi connectivity index (χ0) is 19.4. The summed E-state index contributed by atoms with van der Waals surface area (Å²) < 4.78 is 10.4. The molecule has 0 radical (unpaired) electrons. The average Bonchev–Trinajstić information content (AvgIpc) is 2.95. The Morgan fingerprint density at radius 1 is 1.31 bits per heavy atom. The molecule has 0 aliphatic rings. The fraction of sp³-hybridized carbons (Fsp3) is 0.529. The summed E-state index contributed by atoms with van der Waals surface area (Å²) in [7, 11) is 3.04. The molecule has 2 N–H and O–H groups in total. The number of nitrogens with zero attached hydrogens (tertiary/aromatic N) is 2. The molecule has 0 saturated heterocycles. The Kier molecular flexibility index (Phi) is 6.49. The molecule has 0 fully saturated rings. The first-order valence-corrected chi connectivity index (χ1v) is 9.02. The van der Waals surface area contributed by atoms with Crippen molar-refractivity contribution >= 4 is 33.4 Å². The summed E-state index contributed by atoms with van der Waals surface area (Å²) >= 11 is 1.18. The normalized spacial score (nSPS) is 13.4. The number of aromatic nitrogens is 2. The number of carboxylic acid groups (broad SMARTS) is 1. The number of carbonyl (C=O) groups is 2. The van der Waals surface area contributed by atoms with Gasteiger partial charge in [-0.3, -0.25) is 4.79 Å². The zero-order valence-corrected chi connectivity index (χ0v) is 16.3. The van der Waals surface area contributed by atoms with Crippen molar-refractivity contribution in [1.82, 2.24) is 15.3 Å². The van der Waals surface area contributed by atoms with E-state index in [1.54, 1.807) is 21.0 Å². The van der Waals surface area contributed by atoms with E-state index in [9.17, 15) is 14.7 Å². The van der Waals surface area contributed by atoms with E-state index in [0.29, 0.717) is 38.8 Å². The maximum Gasteiger partial charge on any atom is 0.326 e. The van der Waals surface area contributed by atoms with Gasteiger partial charge < -0.3 is 19.9 Å². The molecule has 8 nitrogen and oxygen atoms in total. The molecule has 2 unspecified atom stereocenters. The van der Waals surface area contributed by atoms with Crippen molar-refractivity contribution in [2.45, 2.75) is 39.8 Å². The minimum absolute atomic E-state index is 0.186. The Hall–Kier alpha value is -2.26. The highest BCUT2D eigenvalue weighted by atomic mass is 32.1. The van der Waals surface area contributed by atoms with Gasteiger partial charge in [0.1, 0.15) is 17.5 Å². The number of ether oxygens (including phenoxy) is 2. The Balaban J connectivity index is 2.44. The van der Waals surface area contributed by atoms with Gasteiger partial charge in [0.05, 0.1) is 17.4 Å². The average molecular weight is 381 g/mol. The summed E-state index contributed by atoms with van der Waals surface area (Å²) in [5, 5.41) is 12.7. The van der Waals surface area contributed by atoms with Gasteiger partial charge in [0, 0.05) is 7.11 Å². The number of aryl methyl sites for hydroxylation is 1. The second-order valence-corrected chi connectivity index (χ2v) is 6.99. The predicted octanol–water partition coefficient (Wildman–Crippen LogP) is 2.38. The van der Waals surface area contributed by atoms with Crippen LogP contribution in [0.5, 0.6) is 5.88 Å². The first-order chi connectivity index (χ1) is 12.3. The number of fused-ring (bicyclic) bond motifs is 1. The maximum atomic E-state index is 12.7. The third-order valence-electron chi connectivity index (χ3n) is 4.24. The van der Waals surface area contributed by atoms with Gasteiger partial charge in [-0.15, -0.1) is 11.3 Å². The monoisotopic (exact) mass is 381 g/mol. The van der Waals surface area contributed by atoms with E-state index in [1.807, 2.05) is 6.92 Å². The summed E-state index contributed by atoms with van der Waals surface area (Å²) in [6.07, 6.45) is 0.641. The number of carboxylic acids is 1. The molecule has 26 heavy (non-hydrogen) atoms. The third-order valence-corrected chi connectivity index (χ3v) is 5.43. The van der Waals surface area contributed by atoms with E-state index in [-0.39, 0.29) is 12.5 Å². The molecule has 0 aromatic carbocycles. The minimum Gasteiger partial charge on any atom is -0.480 e. The van der Waals surface area contributed by atoms with Gasteiger partial charge in [0.2, 0.25) is 5.88 Å². The van der Waals surface area contributed by atoms with E-state index in [0.717, 1.165) is 0 Å². The Morgan fingerprint density at radius 3 is 2.54 bits per heavy atom. The standard InChI is InChI=1S/C17H23N3O5S/c1-6-8(2)12(17(22)23)20-14(21)13-9(3)11-15(25-5)18-10(7-24-4)19-16(11)26-13/h8,12H,6-7H2,1-5H3,(H,20,21)(H,22,23). The van der Waals surface area contributed by atoms with Crippen molar-refractivity contribution < 1.29 is 24.2 Å². The number of hydrogen-bond acceptors (Lipinski definition) is 7. The lowest BCUT2D eigenvalue weighted by Gasteiger charge is -2.19. The van der Waals surface area contributed by atoms with Gasteiger partial charge >= 0.3 is 5.97 Å². The predicted molar refractivity (Wildman–Crippen MR) is 97.8 cm³/mol. The Bertz CT molecular complexity index is 820. The molecule has 142 valence electrons. The number of rotatable bonds is 8. The lowest BCUT2D eigenvalue weighted by molar-refractivity contribution is -0.140. The second kappa shape index (κ2) is 8.41. The van der Waals surface area contributed by atoms with Crippen molar-refractivity contribution in [2.75, 3.05) is 14.2 Å². The molecule has 2 heterocycles. The van der Waals surface area contributed by atoms with Crippen LogP contribution in [0.1, 0.15) is 41.3 Å². The van der Waals surface area contributed by atoms with Crippen molar-refractivity contribution in [2.24, 2.45) is 5.92 Å². The van der Waals surface area contributed by atoms with Crippen molar-refractivity contribution in [3.8, 4) is 5.88 Å². The van der Waals surface area contributed by atoms with Gasteiger partial charge in [-0.25, -0.2) is 9.78 Å². The van der Waals surface area contributed by atoms with Crippen LogP contribution in [0.15, 0.2) is 0 Å². The van der Waals surface area contributed by atoms with E-state index in [2.05, 4.69) is 15.3 Å². The van der Waals surface area contributed by atoms with E-state index >= 15 is 0 Å². The minimum atomic E-state index is -1.05. The topological polar surface area (TPSA) is 111 Å². The van der Waals surface area contributed by atoms with Crippen LogP contribution in [0.2, 0.25) is 0 Å². The highest BCUT2D eigenvalue weighted by molar-refractivity contribution is 7.20. The lowest BCUT2D eigenvalue weighted by atomic mass is 9.99. The maximum absolute atomic E-state index is 12.7. The molecule has 2 atom stereocenters. The number of amides is 1. The van der Waals surface area contributed by atoms with Gasteiger partial charge in [-0.2, -0.15) is 4.98 Å². The Morgan fingerprint density at radius 2 is 2.00 bits per heavy atom. The molecule has 9 heteroatoms. The molecule has 0 bridgehead atoms. The molecule has 0 saturated carbocycles. The molecule has 2 aromatic rings. The smallest absolute Gasteiger partial charge is 0.326 e. The largest absolute Gasteiger partial charge is 0.480 e. The summed E-state index contributed by atoms with van der Waals surface area (Å²) in [6.45, 7) is 5.67. The third kappa shape index (κ3) is 3.94. The van der Waals surface area contributed by atoms with Crippen LogP contribution in [0.25, 0.3) is 10.2 Å². The van der Waals surface area contributed by atoms with Crippen LogP contribution in [0.4, 0.5) is 0 Å². The first kappa shape index (κ1) is 20.1. The van der Waals surface area contributed by atoms with Crippen molar-refractivity contribution in [3.05, 3.63) is 16.3 Å². The van der Waals surface area contributed by atoms with Crippen LogP contribution >= 0.6 is 11.3 Å². The summed E-state index contributed by atoms with van der Waals surface area (Å²) in [5.74, 6) is -0.854. The number of aliphatic carboxylic acids is 1. The van der Waals surface area contributed by atoms with Gasteiger partial charge in [0.15, 0.2) is 5.82 Å². The molecule has 2 rings (SSSR count). The molecule has 0 aliphatic heterocycles. The fourth-order valence-corrected chi connectivity index (χ4v) is 3.69. The van der Waals surface area contributed by atoms with Crippen LogP contribution in [-0.4, -0.2) is 47.2 Å². The first-order valence-electron chi connectivity index (χ1n) is 8.20. The van der Waals surface area contributed by atoms with E-state index in [1.165, 1.54) is 18.4 Å². The fourth-order valence-electron chi connectivity index (χ4n) is 2.59. The molecule has 0 spiro atoms. The van der Waals surface area contributed by atoms with Crippen molar-refractivity contribution in [3.63, 3.8) is 0 Å². The lowest BCUT2D eigenvalue weighted by Crippen LogP contribution is -2.44. The quantitative estimate of drug-likeness (QED) is 0.722. The SMILES string of the molecule is CCC(C)C(NC(=O)c1sc2nc(COC)nc(OC)c2c1C)C(=O)O. The molecule has 1 amide bonds. The van der Waals surface area contributed by atoms with Gasteiger partial charge in [-0.1, -0.05) is 20.3 Å². The van der Waals surface area contributed by atoms with Crippen LogP contribution < -0.4 is 10.1 Å². The highest BCUT2D eigenvalue weighted by Gasteiger charge is 2.28. The number of thiophene rings is 1. The van der Waals surface area contributed by atoms with E-state index < -0.39 is 17.9 Å². The zero-order valence-electron chi connectivity index (χ0n) is 15.5. The number of hydrogen-bond donors (Lipinski definition) is 2. The molecular weight excluding hydrogens is 358 g/mol. The summed E-state index contributed by atoms with van der Waals surface area (Å²) in [6, 6.07) is -0.950. The number of carbonyl (C=O) groups excluding carboxylic acids is 1. The summed E-state index contributed by atoms with van der Waals surface area (Å²) in [5.41, 5.74) is 0.664. The highest BCUT2D eigenvalue weighted by Crippen LogP contribution is 2.35. The van der Waals surface area contributed by atoms with Crippen molar-refractivity contribution in [1.29, 1.82) is 0 Å². The number of methoxy groups -OCH3 is 2. The van der Waals surface area contributed by atoms with Gasteiger partial charge in [-0.05, 0) is 18.4 Å². The van der Waals surface area contributed by atoms with Crippen LogP contribution in [0.3, 0.4) is 0 Å².